The zero-order chi connectivity index (χ0) is 15.9. The molecule has 1 aromatic rings. The van der Waals surface area contributed by atoms with Gasteiger partial charge < -0.3 is 14.3 Å². The highest BCUT2D eigenvalue weighted by Crippen LogP contribution is 2.44. The van der Waals surface area contributed by atoms with Crippen molar-refractivity contribution in [1.29, 1.82) is 0 Å². The van der Waals surface area contributed by atoms with E-state index in [1.165, 1.54) is 0 Å². The fourth-order valence-electron chi connectivity index (χ4n) is 3.96. The maximum Gasteiger partial charge on any atom is 0.236 e. The third-order valence-corrected chi connectivity index (χ3v) is 5.19. The molecule has 2 atom stereocenters. The largest absolute Gasteiger partial charge is 0.341 e. The van der Waals surface area contributed by atoms with Gasteiger partial charge in [0.25, 0.3) is 0 Å². The van der Waals surface area contributed by atoms with Crippen molar-refractivity contribution in [2.24, 2.45) is 11.8 Å². The van der Waals surface area contributed by atoms with Gasteiger partial charge in [-0.05, 0) is 25.8 Å². The van der Waals surface area contributed by atoms with E-state index in [9.17, 15) is 4.79 Å². The zero-order valence-electron chi connectivity index (χ0n) is 14.0. The average Bonchev–Trinajstić information content (AvgIpc) is 3.09. The molecule has 1 amide bonds. The van der Waals surface area contributed by atoms with Crippen LogP contribution in [0.4, 0.5) is 0 Å². The number of hydrogen-bond donors (Lipinski definition) is 0. The van der Waals surface area contributed by atoms with Crippen LogP contribution in [0.25, 0.3) is 0 Å². The van der Waals surface area contributed by atoms with E-state index < -0.39 is 0 Å². The summed E-state index contributed by atoms with van der Waals surface area (Å²) in [5.74, 6) is 2.13. The van der Waals surface area contributed by atoms with Gasteiger partial charge in [-0.2, -0.15) is 4.98 Å². The molecule has 0 aromatic carbocycles. The van der Waals surface area contributed by atoms with Crippen molar-refractivity contribution in [2.75, 3.05) is 32.7 Å². The standard InChI is InChI=1S/C16H26N4O2/c1-5-19-8-13-6-7-20(14(21)11(2)3)10-16(13,9-19)15-17-12(4)18-22-15/h11,13H,5-10H2,1-4H3/t13-,16+/m0/s1. The van der Waals surface area contributed by atoms with E-state index in [-0.39, 0.29) is 17.2 Å². The van der Waals surface area contributed by atoms with Crippen molar-refractivity contribution in [3.63, 3.8) is 0 Å². The Morgan fingerprint density at radius 2 is 2.23 bits per heavy atom. The first kappa shape index (κ1) is 15.5. The van der Waals surface area contributed by atoms with Gasteiger partial charge in [0.15, 0.2) is 5.82 Å². The molecule has 0 bridgehead atoms. The minimum atomic E-state index is -0.194. The Bertz CT molecular complexity index is 556. The Balaban J connectivity index is 1.94. The molecule has 3 rings (SSSR count). The first-order valence-electron chi connectivity index (χ1n) is 8.28. The van der Waals surface area contributed by atoms with E-state index in [1.54, 1.807) is 0 Å². The molecule has 0 spiro atoms. The number of nitrogens with zero attached hydrogens (tertiary/aromatic N) is 4. The van der Waals surface area contributed by atoms with Gasteiger partial charge >= 0.3 is 0 Å². The molecule has 2 aliphatic heterocycles. The number of rotatable bonds is 3. The molecule has 0 saturated carbocycles. The summed E-state index contributed by atoms with van der Waals surface area (Å²) >= 11 is 0. The van der Waals surface area contributed by atoms with Crippen LogP contribution >= 0.6 is 0 Å². The summed E-state index contributed by atoms with van der Waals surface area (Å²) in [5.41, 5.74) is -0.194. The number of fused-ring (bicyclic) bond motifs is 1. The second kappa shape index (κ2) is 5.65. The number of carbonyl (C=O) groups excluding carboxylic acids is 1. The number of piperidine rings is 1. The van der Waals surface area contributed by atoms with Crippen LogP contribution in [0.5, 0.6) is 0 Å². The predicted molar refractivity (Wildman–Crippen MR) is 82.4 cm³/mol. The summed E-state index contributed by atoms with van der Waals surface area (Å²) in [6, 6.07) is 0. The maximum absolute atomic E-state index is 12.5. The number of carbonyl (C=O) groups is 1. The second-order valence-electron chi connectivity index (χ2n) is 7.03. The summed E-state index contributed by atoms with van der Waals surface area (Å²) in [7, 11) is 0. The molecule has 1 aromatic heterocycles. The van der Waals surface area contributed by atoms with Crippen LogP contribution in [0, 0.1) is 18.8 Å². The van der Waals surface area contributed by atoms with Crippen molar-refractivity contribution in [3.8, 4) is 0 Å². The fraction of sp³-hybridized carbons (Fsp3) is 0.812. The third kappa shape index (κ3) is 2.43. The molecule has 3 heterocycles. The van der Waals surface area contributed by atoms with Gasteiger partial charge in [0, 0.05) is 32.1 Å². The quantitative estimate of drug-likeness (QED) is 0.846. The lowest BCUT2D eigenvalue weighted by Crippen LogP contribution is -2.54. The summed E-state index contributed by atoms with van der Waals surface area (Å²) < 4.78 is 5.56. The lowest BCUT2D eigenvalue weighted by Gasteiger charge is -2.42. The Morgan fingerprint density at radius 1 is 1.45 bits per heavy atom. The molecule has 0 N–H and O–H groups in total. The molecule has 0 unspecified atom stereocenters. The summed E-state index contributed by atoms with van der Waals surface area (Å²) in [4.78, 5) is 21.4. The number of aromatic nitrogens is 2. The molecule has 122 valence electrons. The van der Waals surface area contributed by atoms with Gasteiger partial charge in [-0.15, -0.1) is 0 Å². The van der Waals surface area contributed by atoms with Crippen molar-refractivity contribution in [3.05, 3.63) is 11.7 Å². The van der Waals surface area contributed by atoms with E-state index in [0.717, 1.165) is 32.6 Å². The highest BCUT2D eigenvalue weighted by molar-refractivity contribution is 5.78. The van der Waals surface area contributed by atoms with Crippen LogP contribution in [0.3, 0.4) is 0 Å². The first-order chi connectivity index (χ1) is 10.5. The van der Waals surface area contributed by atoms with E-state index in [2.05, 4.69) is 22.0 Å². The highest BCUT2D eigenvalue weighted by Gasteiger charge is 2.54. The van der Waals surface area contributed by atoms with Gasteiger partial charge in [-0.3, -0.25) is 4.79 Å². The molecule has 6 nitrogen and oxygen atoms in total. The Hall–Kier alpha value is -1.43. The molecule has 0 aliphatic carbocycles. The Morgan fingerprint density at radius 3 is 2.82 bits per heavy atom. The first-order valence-corrected chi connectivity index (χ1v) is 8.28. The monoisotopic (exact) mass is 306 g/mol. The molecular formula is C16H26N4O2. The van der Waals surface area contributed by atoms with Crippen LogP contribution in [-0.4, -0.2) is 58.6 Å². The van der Waals surface area contributed by atoms with Gasteiger partial charge in [0.1, 0.15) is 0 Å². The Kier molecular flexibility index (Phi) is 3.97. The third-order valence-electron chi connectivity index (χ3n) is 5.19. The number of amides is 1. The van der Waals surface area contributed by atoms with Crippen molar-refractivity contribution in [1.82, 2.24) is 19.9 Å². The lowest BCUT2D eigenvalue weighted by atomic mass is 9.73. The van der Waals surface area contributed by atoms with Gasteiger partial charge in [-0.25, -0.2) is 0 Å². The van der Waals surface area contributed by atoms with Gasteiger partial charge in [0.2, 0.25) is 11.8 Å². The van der Waals surface area contributed by atoms with Crippen molar-refractivity contribution >= 4 is 5.91 Å². The van der Waals surface area contributed by atoms with Gasteiger partial charge in [0.05, 0.1) is 5.41 Å². The van der Waals surface area contributed by atoms with Crippen LogP contribution in [-0.2, 0) is 10.2 Å². The van der Waals surface area contributed by atoms with E-state index in [1.807, 2.05) is 25.7 Å². The van der Waals surface area contributed by atoms with Crippen molar-refractivity contribution < 1.29 is 9.32 Å². The second-order valence-corrected chi connectivity index (χ2v) is 7.03. The number of likely N-dealkylation sites (tertiary alicyclic amines) is 2. The highest BCUT2D eigenvalue weighted by atomic mass is 16.5. The topological polar surface area (TPSA) is 62.5 Å². The van der Waals surface area contributed by atoms with Crippen LogP contribution in [0.1, 0.15) is 38.9 Å². The van der Waals surface area contributed by atoms with Crippen LogP contribution in [0.15, 0.2) is 4.52 Å². The maximum atomic E-state index is 12.5. The Labute approximate surface area is 131 Å². The number of likely N-dealkylation sites (N-methyl/N-ethyl adjacent to an activating group) is 1. The smallest absolute Gasteiger partial charge is 0.236 e. The lowest BCUT2D eigenvalue weighted by molar-refractivity contribution is -0.137. The van der Waals surface area contributed by atoms with E-state index >= 15 is 0 Å². The number of aryl methyl sites for hydroxylation is 1. The molecule has 0 radical (unpaired) electrons. The molecule has 2 aliphatic rings. The molecular weight excluding hydrogens is 280 g/mol. The van der Waals surface area contributed by atoms with Gasteiger partial charge in [-0.1, -0.05) is 25.9 Å². The summed E-state index contributed by atoms with van der Waals surface area (Å²) in [6.07, 6.45) is 1.01. The molecule has 22 heavy (non-hydrogen) atoms. The minimum absolute atomic E-state index is 0.0294. The van der Waals surface area contributed by atoms with E-state index in [4.69, 9.17) is 4.52 Å². The SMILES string of the molecule is CCN1C[C@@H]2CCN(C(=O)C(C)C)C[C@]2(c2nc(C)no2)C1. The van der Waals surface area contributed by atoms with Crippen molar-refractivity contribution in [2.45, 2.75) is 39.5 Å². The molecule has 2 saturated heterocycles. The zero-order valence-corrected chi connectivity index (χ0v) is 14.0. The molecule has 6 heteroatoms. The summed E-state index contributed by atoms with van der Waals surface area (Å²) in [5, 5.41) is 3.99. The fourth-order valence-corrected chi connectivity index (χ4v) is 3.96. The molecule has 2 fully saturated rings. The predicted octanol–water partition coefficient (Wildman–Crippen LogP) is 1.46. The van der Waals surface area contributed by atoms with Crippen LogP contribution in [0.2, 0.25) is 0 Å². The number of hydrogen-bond acceptors (Lipinski definition) is 5. The van der Waals surface area contributed by atoms with E-state index in [0.29, 0.717) is 24.2 Å². The average molecular weight is 306 g/mol. The summed E-state index contributed by atoms with van der Waals surface area (Å²) in [6.45, 7) is 12.5. The van der Waals surface area contributed by atoms with Crippen LogP contribution < -0.4 is 0 Å². The normalized spacial score (nSPS) is 29.1. The minimum Gasteiger partial charge on any atom is -0.341 e.